The number of allylic oxidation sites excluding steroid dienone is 2. The van der Waals surface area contributed by atoms with E-state index in [1.165, 1.54) is 10.5 Å². The Morgan fingerprint density at radius 2 is 2.00 bits per heavy atom. The summed E-state index contributed by atoms with van der Waals surface area (Å²) >= 11 is 1.60. The zero-order chi connectivity index (χ0) is 12.7. The van der Waals surface area contributed by atoms with Gasteiger partial charge in [-0.2, -0.15) is 0 Å². The number of rotatable bonds is 3. The van der Waals surface area contributed by atoms with Gasteiger partial charge in [-0.25, -0.2) is 4.98 Å². The van der Waals surface area contributed by atoms with Gasteiger partial charge in [0.2, 0.25) is 0 Å². The van der Waals surface area contributed by atoms with Crippen molar-refractivity contribution >= 4 is 22.0 Å². The highest BCUT2D eigenvalue weighted by Crippen LogP contribution is 2.33. The van der Waals surface area contributed by atoms with Crippen molar-refractivity contribution in [3.05, 3.63) is 16.6 Å². The number of nitrogen functional groups attached to an aromatic ring is 1. The summed E-state index contributed by atoms with van der Waals surface area (Å²) in [6.45, 7) is 12.5. The molecule has 0 amide bonds. The number of nitrogens with zero attached hydrogens (tertiary/aromatic N) is 1. The molecule has 2 nitrogen and oxygen atoms in total. The fraction of sp³-hybridized carbons (Fsp3) is 0.615. The molecule has 0 fully saturated rings. The summed E-state index contributed by atoms with van der Waals surface area (Å²) in [5, 5.41) is 0.677. The number of thiazole rings is 1. The summed E-state index contributed by atoms with van der Waals surface area (Å²) in [7, 11) is 0. The van der Waals surface area contributed by atoms with Gasteiger partial charge < -0.3 is 5.73 Å². The molecule has 0 bridgehead atoms. The van der Waals surface area contributed by atoms with Crippen molar-refractivity contribution in [2.24, 2.45) is 0 Å². The number of hydrogen-bond acceptors (Lipinski definition) is 3. The van der Waals surface area contributed by atoms with Crippen LogP contribution in [0.3, 0.4) is 0 Å². The summed E-state index contributed by atoms with van der Waals surface area (Å²) in [5.41, 5.74) is 8.24. The van der Waals surface area contributed by atoms with Gasteiger partial charge in [0.15, 0.2) is 5.13 Å². The number of aromatic nitrogens is 1. The van der Waals surface area contributed by atoms with Gasteiger partial charge in [0, 0.05) is 0 Å². The van der Waals surface area contributed by atoms with Gasteiger partial charge in [0.25, 0.3) is 0 Å². The fourth-order valence-electron chi connectivity index (χ4n) is 1.47. The Hall–Kier alpha value is -0.830. The summed E-state index contributed by atoms with van der Waals surface area (Å²) < 4.78 is 0. The largest absolute Gasteiger partial charge is 0.375 e. The minimum Gasteiger partial charge on any atom is -0.375 e. The van der Waals surface area contributed by atoms with Gasteiger partial charge >= 0.3 is 0 Å². The highest BCUT2D eigenvalue weighted by molar-refractivity contribution is 7.16. The maximum absolute atomic E-state index is 5.74. The number of anilines is 1. The maximum atomic E-state index is 5.74. The Morgan fingerprint density at radius 3 is 2.38 bits per heavy atom. The second-order valence-electron chi connectivity index (χ2n) is 3.59. The average molecular weight is 240 g/mol. The smallest absolute Gasteiger partial charge is 0.180 e. The molecule has 0 saturated heterocycles. The second-order valence-corrected chi connectivity index (χ2v) is 4.62. The van der Waals surface area contributed by atoms with Crippen molar-refractivity contribution in [1.29, 1.82) is 0 Å². The SMILES string of the molecule is C/C=C(\CC)c1sc(N)nc1C(C)C.CC. The molecule has 0 radical (unpaired) electrons. The van der Waals surface area contributed by atoms with Gasteiger partial charge in [0.1, 0.15) is 0 Å². The lowest BCUT2D eigenvalue weighted by Gasteiger charge is -2.06. The van der Waals surface area contributed by atoms with E-state index in [9.17, 15) is 0 Å². The molecule has 0 unspecified atom stereocenters. The third-order valence-electron chi connectivity index (χ3n) is 2.24. The Balaban J connectivity index is 0.00000106. The van der Waals surface area contributed by atoms with Crippen LogP contribution in [0.4, 0.5) is 5.13 Å². The minimum atomic E-state index is 0.444. The molecule has 0 atom stereocenters. The second kappa shape index (κ2) is 7.44. The van der Waals surface area contributed by atoms with Crippen LogP contribution in [0.5, 0.6) is 0 Å². The molecular formula is C13H24N2S. The first-order valence-electron chi connectivity index (χ1n) is 6.01. The molecule has 0 aromatic carbocycles. The molecule has 1 heterocycles. The molecule has 1 aromatic heterocycles. The quantitative estimate of drug-likeness (QED) is 0.832. The summed E-state index contributed by atoms with van der Waals surface area (Å²) in [6, 6.07) is 0. The molecule has 0 aliphatic carbocycles. The van der Waals surface area contributed by atoms with Crippen LogP contribution < -0.4 is 5.73 Å². The lowest BCUT2D eigenvalue weighted by Crippen LogP contribution is -1.93. The van der Waals surface area contributed by atoms with Crippen LogP contribution in [0.1, 0.15) is 64.5 Å². The topological polar surface area (TPSA) is 38.9 Å². The van der Waals surface area contributed by atoms with Gasteiger partial charge in [-0.1, -0.05) is 52.0 Å². The Morgan fingerprint density at radius 1 is 1.44 bits per heavy atom. The van der Waals surface area contributed by atoms with Crippen LogP contribution in [0.15, 0.2) is 6.08 Å². The molecule has 2 N–H and O–H groups in total. The molecule has 16 heavy (non-hydrogen) atoms. The Labute approximate surface area is 104 Å². The highest BCUT2D eigenvalue weighted by atomic mass is 32.1. The zero-order valence-corrected chi connectivity index (χ0v) is 12.1. The monoisotopic (exact) mass is 240 g/mol. The molecule has 3 heteroatoms. The first-order valence-corrected chi connectivity index (χ1v) is 6.83. The van der Waals surface area contributed by atoms with Gasteiger partial charge in [0.05, 0.1) is 10.6 Å². The average Bonchev–Trinajstić information content (AvgIpc) is 2.65. The minimum absolute atomic E-state index is 0.444. The van der Waals surface area contributed by atoms with E-state index in [-0.39, 0.29) is 0 Å². The van der Waals surface area contributed by atoms with Crippen molar-refractivity contribution in [2.75, 3.05) is 5.73 Å². The van der Waals surface area contributed by atoms with Crippen LogP contribution in [0.2, 0.25) is 0 Å². The predicted octanol–water partition coefficient (Wildman–Crippen LogP) is 4.69. The van der Waals surface area contributed by atoms with E-state index < -0.39 is 0 Å². The third-order valence-corrected chi connectivity index (χ3v) is 3.21. The van der Waals surface area contributed by atoms with Crippen LogP contribution in [-0.2, 0) is 0 Å². The molecule has 1 rings (SSSR count). The van der Waals surface area contributed by atoms with Crippen LogP contribution in [0.25, 0.3) is 5.57 Å². The van der Waals surface area contributed by atoms with Gasteiger partial charge in [-0.3, -0.25) is 0 Å². The summed E-state index contributed by atoms with van der Waals surface area (Å²) in [4.78, 5) is 5.65. The summed E-state index contributed by atoms with van der Waals surface area (Å²) in [5.74, 6) is 0.444. The van der Waals surface area contributed by atoms with Crippen molar-refractivity contribution in [3.8, 4) is 0 Å². The number of hydrogen-bond donors (Lipinski definition) is 1. The van der Waals surface area contributed by atoms with E-state index in [4.69, 9.17) is 5.73 Å². The molecule has 92 valence electrons. The van der Waals surface area contributed by atoms with E-state index in [2.05, 4.69) is 38.8 Å². The van der Waals surface area contributed by atoms with Crippen LogP contribution in [-0.4, -0.2) is 4.98 Å². The van der Waals surface area contributed by atoms with E-state index in [0.29, 0.717) is 11.0 Å². The molecule has 0 aliphatic rings. The van der Waals surface area contributed by atoms with Crippen molar-refractivity contribution in [3.63, 3.8) is 0 Å². The van der Waals surface area contributed by atoms with Crippen LogP contribution in [0, 0.1) is 0 Å². The first-order chi connectivity index (χ1) is 7.60. The van der Waals surface area contributed by atoms with E-state index >= 15 is 0 Å². The van der Waals surface area contributed by atoms with Crippen molar-refractivity contribution in [2.45, 2.75) is 53.9 Å². The molecule has 0 aliphatic heterocycles. The van der Waals surface area contributed by atoms with E-state index in [0.717, 1.165) is 12.1 Å². The summed E-state index contributed by atoms with van der Waals surface area (Å²) in [6.07, 6.45) is 3.19. The standard InChI is InChI=1S/C11H18N2S.C2H6/c1-5-8(6-2)10-9(7(3)4)13-11(12)14-10;1-2/h5,7H,6H2,1-4H3,(H2,12,13);1-2H3/b8-5+;. The van der Waals surface area contributed by atoms with Crippen LogP contribution >= 0.6 is 11.3 Å². The van der Waals surface area contributed by atoms with Crippen molar-refractivity contribution in [1.82, 2.24) is 4.98 Å². The zero-order valence-electron chi connectivity index (χ0n) is 11.3. The lowest BCUT2D eigenvalue weighted by atomic mass is 10.0. The molecule has 0 spiro atoms. The maximum Gasteiger partial charge on any atom is 0.180 e. The highest BCUT2D eigenvalue weighted by Gasteiger charge is 2.14. The predicted molar refractivity (Wildman–Crippen MR) is 75.9 cm³/mol. The molecule has 1 aromatic rings. The number of nitrogens with two attached hydrogens (primary N) is 1. The third kappa shape index (κ3) is 3.63. The van der Waals surface area contributed by atoms with Gasteiger partial charge in [-0.15, -0.1) is 0 Å². The van der Waals surface area contributed by atoms with Gasteiger partial charge in [-0.05, 0) is 24.8 Å². The Kier molecular flexibility index (Phi) is 7.06. The first kappa shape index (κ1) is 15.2. The molecular weight excluding hydrogens is 216 g/mol. The fourth-order valence-corrected chi connectivity index (χ4v) is 2.60. The van der Waals surface area contributed by atoms with Crippen molar-refractivity contribution < 1.29 is 0 Å². The lowest BCUT2D eigenvalue weighted by molar-refractivity contribution is 0.830. The Bertz CT molecular complexity index is 338. The van der Waals surface area contributed by atoms with E-state index in [1.54, 1.807) is 11.3 Å². The normalized spacial score (nSPS) is 11.3. The molecule has 0 saturated carbocycles. The van der Waals surface area contributed by atoms with E-state index in [1.807, 2.05) is 13.8 Å².